The lowest BCUT2D eigenvalue weighted by Crippen LogP contribution is -2.54. The highest BCUT2D eigenvalue weighted by atomic mass is 32.2. The van der Waals surface area contributed by atoms with Crippen LogP contribution in [0.3, 0.4) is 0 Å². The van der Waals surface area contributed by atoms with Crippen LogP contribution in [-0.4, -0.2) is 16.9 Å². The van der Waals surface area contributed by atoms with Gasteiger partial charge in [-0.1, -0.05) is 59.8 Å². The Morgan fingerprint density at radius 2 is 1.47 bits per heavy atom. The molecule has 0 radical (unpaired) electrons. The van der Waals surface area contributed by atoms with Crippen LogP contribution in [0.5, 0.6) is 0 Å². The van der Waals surface area contributed by atoms with Gasteiger partial charge in [0.15, 0.2) is 5.11 Å². The number of anilines is 1. The summed E-state index contributed by atoms with van der Waals surface area (Å²) in [5, 5.41) is 2.68. The SMILES string of the molecule is Cc1ccc(Sc2ccc(/C=C3\C(=O)NC(=S)N(c4ccccc4)C3=O)cc2)cc1. The van der Waals surface area contributed by atoms with Gasteiger partial charge in [0.25, 0.3) is 11.8 Å². The maximum absolute atomic E-state index is 13.0. The number of hydrogen-bond donors (Lipinski definition) is 1. The van der Waals surface area contributed by atoms with Crippen molar-refractivity contribution in [3.8, 4) is 0 Å². The zero-order chi connectivity index (χ0) is 21.1. The first-order valence-electron chi connectivity index (χ1n) is 9.32. The Hall–Kier alpha value is -3.22. The Bertz CT molecular complexity index is 1140. The summed E-state index contributed by atoms with van der Waals surface area (Å²) in [6.07, 6.45) is 1.59. The number of aryl methyl sites for hydroxylation is 1. The van der Waals surface area contributed by atoms with E-state index in [4.69, 9.17) is 12.2 Å². The molecule has 3 aromatic carbocycles. The summed E-state index contributed by atoms with van der Waals surface area (Å²) in [6, 6.07) is 25.1. The van der Waals surface area contributed by atoms with Crippen molar-refractivity contribution in [2.45, 2.75) is 16.7 Å². The number of nitrogens with zero attached hydrogens (tertiary/aromatic N) is 1. The predicted molar refractivity (Wildman–Crippen MR) is 124 cm³/mol. The lowest BCUT2D eigenvalue weighted by Gasteiger charge is -2.28. The van der Waals surface area contributed by atoms with Crippen LogP contribution in [0.25, 0.3) is 6.08 Å². The van der Waals surface area contributed by atoms with Gasteiger partial charge in [-0.25, -0.2) is 0 Å². The molecule has 1 fully saturated rings. The molecule has 6 heteroatoms. The van der Waals surface area contributed by atoms with E-state index in [-0.39, 0.29) is 10.7 Å². The number of benzene rings is 3. The Morgan fingerprint density at radius 3 is 2.10 bits per heavy atom. The van der Waals surface area contributed by atoms with E-state index >= 15 is 0 Å². The third-order valence-electron chi connectivity index (χ3n) is 4.56. The van der Waals surface area contributed by atoms with E-state index in [9.17, 15) is 9.59 Å². The number of hydrogen-bond acceptors (Lipinski definition) is 4. The predicted octanol–water partition coefficient (Wildman–Crippen LogP) is 4.98. The van der Waals surface area contributed by atoms with E-state index in [0.29, 0.717) is 5.69 Å². The van der Waals surface area contributed by atoms with E-state index in [0.717, 1.165) is 15.4 Å². The summed E-state index contributed by atoms with van der Waals surface area (Å²) >= 11 is 6.87. The lowest BCUT2D eigenvalue weighted by molar-refractivity contribution is -0.122. The van der Waals surface area contributed by atoms with Crippen molar-refractivity contribution in [3.05, 3.63) is 95.6 Å². The van der Waals surface area contributed by atoms with Crippen molar-refractivity contribution in [2.75, 3.05) is 4.90 Å². The summed E-state index contributed by atoms with van der Waals surface area (Å²) in [4.78, 5) is 29.0. The molecule has 4 nitrogen and oxygen atoms in total. The molecule has 1 saturated heterocycles. The summed E-state index contributed by atoms with van der Waals surface area (Å²) in [5.74, 6) is -0.927. The molecule has 0 atom stereocenters. The molecular weight excluding hydrogens is 412 g/mol. The summed E-state index contributed by atoms with van der Waals surface area (Å²) < 4.78 is 0. The maximum atomic E-state index is 13.0. The highest BCUT2D eigenvalue weighted by Gasteiger charge is 2.34. The van der Waals surface area contributed by atoms with Gasteiger partial charge in [-0.05, 0) is 67.2 Å². The fourth-order valence-corrected chi connectivity index (χ4v) is 4.11. The van der Waals surface area contributed by atoms with Gasteiger partial charge >= 0.3 is 0 Å². The largest absolute Gasteiger partial charge is 0.298 e. The number of carbonyl (C=O) groups is 2. The van der Waals surface area contributed by atoms with Gasteiger partial charge in [0.05, 0.1) is 5.69 Å². The zero-order valence-electron chi connectivity index (χ0n) is 16.2. The molecule has 3 aromatic rings. The minimum absolute atomic E-state index is 0.0476. The molecule has 0 aromatic heterocycles. The Labute approximate surface area is 184 Å². The van der Waals surface area contributed by atoms with E-state index in [1.165, 1.54) is 10.5 Å². The smallest absolute Gasteiger partial charge is 0.270 e. The Balaban J connectivity index is 1.57. The quantitative estimate of drug-likeness (QED) is 0.360. The van der Waals surface area contributed by atoms with Gasteiger partial charge in [-0.2, -0.15) is 0 Å². The zero-order valence-corrected chi connectivity index (χ0v) is 17.8. The molecule has 148 valence electrons. The van der Waals surface area contributed by atoms with Crippen LogP contribution in [0.15, 0.2) is 94.2 Å². The fourth-order valence-electron chi connectivity index (χ4n) is 3.01. The molecule has 2 amide bonds. The standard InChI is InChI=1S/C24H18N2O2S2/c1-16-7-11-19(12-8-16)30-20-13-9-17(10-14-20)15-21-22(27)25-24(29)26(23(21)28)18-5-3-2-4-6-18/h2-15H,1H3,(H,25,27,29)/b21-15+. The van der Waals surface area contributed by atoms with Crippen molar-refractivity contribution >= 4 is 52.7 Å². The van der Waals surface area contributed by atoms with Crippen LogP contribution < -0.4 is 10.2 Å². The van der Waals surface area contributed by atoms with Crippen LogP contribution in [0, 0.1) is 6.92 Å². The second kappa shape index (κ2) is 8.65. The molecule has 0 bridgehead atoms. The number of carbonyl (C=O) groups excluding carboxylic acids is 2. The molecule has 0 unspecified atom stereocenters. The minimum Gasteiger partial charge on any atom is -0.298 e. The Morgan fingerprint density at radius 1 is 0.867 bits per heavy atom. The monoisotopic (exact) mass is 430 g/mol. The highest BCUT2D eigenvalue weighted by Crippen LogP contribution is 2.28. The van der Waals surface area contributed by atoms with Crippen molar-refractivity contribution in [1.29, 1.82) is 0 Å². The summed E-state index contributed by atoms with van der Waals surface area (Å²) in [7, 11) is 0. The lowest BCUT2D eigenvalue weighted by atomic mass is 10.1. The second-order valence-corrected chi connectivity index (χ2v) is 8.31. The molecule has 1 heterocycles. The summed E-state index contributed by atoms with van der Waals surface area (Å²) in [5.41, 5.74) is 2.65. The first-order valence-corrected chi connectivity index (χ1v) is 10.5. The van der Waals surface area contributed by atoms with Gasteiger partial charge in [-0.15, -0.1) is 0 Å². The van der Waals surface area contributed by atoms with E-state index in [2.05, 4.69) is 36.5 Å². The van der Waals surface area contributed by atoms with Gasteiger partial charge in [0.1, 0.15) is 5.57 Å². The molecule has 1 aliphatic rings. The van der Waals surface area contributed by atoms with Crippen LogP contribution in [0.2, 0.25) is 0 Å². The third kappa shape index (κ3) is 4.35. The minimum atomic E-state index is -0.490. The molecular formula is C24H18N2O2S2. The first-order chi connectivity index (χ1) is 14.5. The van der Waals surface area contributed by atoms with E-state index < -0.39 is 11.8 Å². The van der Waals surface area contributed by atoms with Crippen molar-refractivity contribution in [2.24, 2.45) is 0 Å². The van der Waals surface area contributed by atoms with Crippen molar-refractivity contribution < 1.29 is 9.59 Å². The number of nitrogens with one attached hydrogen (secondary N) is 1. The molecule has 1 N–H and O–H groups in total. The average Bonchev–Trinajstić information content (AvgIpc) is 2.74. The molecule has 0 aliphatic carbocycles. The van der Waals surface area contributed by atoms with Gasteiger partial charge in [0.2, 0.25) is 0 Å². The van der Waals surface area contributed by atoms with Crippen LogP contribution in [0.1, 0.15) is 11.1 Å². The third-order valence-corrected chi connectivity index (χ3v) is 5.86. The molecule has 0 saturated carbocycles. The molecule has 4 rings (SSSR count). The summed E-state index contributed by atoms with van der Waals surface area (Å²) in [6.45, 7) is 2.06. The first kappa shape index (κ1) is 20.1. The van der Waals surface area contributed by atoms with E-state index in [1.807, 2.05) is 42.5 Å². The number of amides is 2. The number of thiocarbonyl (C=S) groups is 1. The maximum Gasteiger partial charge on any atom is 0.270 e. The second-order valence-electron chi connectivity index (χ2n) is 6.78. The molecule has 1 aliphatic heterocycles. The van der Waals surface area contributed by atoms with E-state index in [1.54, 1.807) is 30.0 Å². The number of para-hydroxylation sites is 1. The normalized spacial score (nSPS) is 15.4. The number of rotatable bonds is 4. The fraction of sp³-hybridized carbons (Fsp3) is 0.0417. The van der Waals surface area contributed by atoms with Gasteiger partial charge in [0, 0.05) is 9.79 Å². The topological polar surface area (TPSA) is 49.4 Å². The van der Waals surface area contributed by atoms with Crippen LogP contribution in [-0.2, 0) is 9.59 Å². The molecule has 30 heavy (non-hydrogen) atoms. The Kier molecular flexibility index (Phi) is 5.79. The molecule has 0 spiro atoms. The van der Waals surface area contributed by atoms with Crippen LogP contribution >= 0.6 is 24.0 Å². The van der Waals surface area contributed by atoms with Crippen molar-refractivity contribution in [3.63, 3.8) is 0 Å². The van der Waals surface area contributed by atoms with Gasteiger partial charge in [-0.3, -0.25) is 19.8 Å². The van der Waals surface area contributed by atoms with Crippen LogP contribution in [0.4, 0.5) is 5.69 Å². The van der Waals surface area contributed by atoms with Gasteiger partial charge < -0.3 is 0 Å². The highest BCUT2D eigenvalue weighted by molar-refractivity contribution is 7.99. The average molecular weight is 431 g/mol. The van der Waals surface area contributed by atoms with Crippen molar-refractivity contribution in [1.82, 2.24) is 5.32 Å².